The number of halogens is 3. The molecule has 1 aromatic heterocycles. The van der Waals surface area contributed by atoms with Crippen LogP contribution in [-0.4, -0.2) is 0 Å². The van der Waals surface area contributed by atoms with Gasteiger partial charge in [0.2, 0.25) is 0 Å². The minimum Gasteiger partial charge on any atom is -0.320 e. The van der Waals surface area contributed by atoms with Crippen LogP contribution in [0.4, 0.5) is 4.39 Å². The van der Waals surface area contributed by atoms with Crippen molar-refractivity contribution in [3.8, 4) is 0 Å². The Morgan fingerprint density at radius 2 is 2.12 bits per heavy atom. The molecular formula is C12H12BrClFNS. The van der Waals surface area contributed by atoms with Crippen molar-refractivity contribution in [1.82, 2.24) is 0 Å². The maximum absolute atomic E-state index is 13.9. The van der Waals surface area contributed by atoms with Crippen molar-refractivity contribution in [1.29, 1.82) is 0 Å². The van der Waals surface area contributed by atoms with Gasteiger partial charge in [-0.25, -0.2) is 4.39 Å². The van der Waals surface area contributed by atoms with Crippen molar-refractivity contribution in [2.45, 2.75) is 13.0 Å². The molecule has 0 aliphatic rings. The molecular weight excluding hydrogens is 325 g/mol. The molecule has 0 saturated heterocycles. The smallest absolute Gasteiger partial charge is 0.131 e. The number of benzene rings is 1. The second-order valence-electron chi connectivity index (χ2n) is 3.62. The molecule has 1 nitrogen and oxygen atoms in total. The zero-order chi connectivity index (χ0) is 11.7. The first-order chi connectivity index (χ1) is 7.59. The summed E-state index contributed by atoms with van der Waals surface area (Å²) in [5.41, 5.74) is 7.19. The van der Waals surface area contributed by atoms with Crippen molar-refractivity contribution in [2.24, 2.45) is 5.73 Å². The minimum atomic E-state index is -0.392. The van der Waals surface area contributed by atoms with Gasteiger partial charge in [0, 0.05) is 14.9 Å². The van der Waals surface area contributed by atoms with Gasteiger partial charge in [0.1, 0.15) is 5.82 Å². The number of rotatable bonds is 2. The lowest BCUT2D eigenvalue weighted by atomic mass is 10.0. The van der Waals surface area contributed by atoms with Crippen molar-refractivity contribution >= 4 is 39.7 Å². The lowest BCUT2D eigenvalue weighted by Gasteiger charge is -2.13. The predicted molar refractivity (Wildman–Crippen MR) is 76.4 cm³/mol. The molecule has 17 heavy (non-hydrogen) atoms. The molecule has 0 amide bonds. The molecule has 1 aromatic carbocycles. The van der Waals surface area contributed by atoms with Gasteiger partial charge in [-0.05, 0) is 36.1 Å². The highest BCUT2D eigenvalue weighted by molar-refractivity contribution is 9.10. The lowest BCUT2D eigenvalue weighted by Crippen LogP contribution is -2.13. The Balaban J connectivity index is 0.00000144. The van der Waals surface area contributed by atoms with Crippen molar-refractivity contribution in [3.63, 3.8) is 0 Å². The zero-order valence-corrected chi connectivity index (χ0v) is 12.3. The van der Waals surface area contributed by atoms with Crippen LogP contribution >= 0.6 is 39.7 Å². The summed E-state index contributed by atoms with van der Waals surface area (Å²) in [5, 5.41) is 1.94. The molecule has 0 unspecified atom stereocenters. The van der Waals surface area contributed by atoms with Crippen LogP contribution in [0.3, 0.4) is 0 Å². The highest BCUT2D eigenvalue weighted by Gasteiger charge is 2.16. The molecule has 0 aliphatic heterocycles. The third-order valence-corrected chi connectivity index (χ3v) is 3.85. The first-order valence-corrected chi connectivity index (χ1v) is 6.51. The standard InChI is InChI=1S/C12H11BrFNS.ClH/c1-7-5-8(13)6-9(11(7)14)12(15)10-3-2-4-16-10;/h2-6,12H,15H2,1H3;1H/t12-;/m0./s1. The first-order valence-electron chi connectivity index (χ1n) is 4.84. The number of hydrogen-bond donors (Lipinski definition) is 1. The Labute approximate surface area is 118 Å². The summed E-state index contributed by atoms with van der Waals surface area (Å²) < 4.78 is 14.8. The van der Waals surface area contributed by atoms with Crippen LogP contribution in [0.1, 0.15) is 22.0 Å². The number of thiophene rings is 1. The van der Waals surface area contributed by atoms with Crippen molar-refractivity contribution in [2.75, 3.05) is 0 Å². The summed E-state index contributed by atoms with van der Waals surface area (Å²) >= 11 is 4.90. The average molecular weight is 337 g/mol. The van der Waals surface area contributed by atoms with E-state index < -0.39 is 6.04 Å². The van der Waals surface area contributed by atoms with Crippen LogP contribution in [0.25, 0.3) is 0 Å². The van der Waals surface area contributed by atoms with E-state index in [1.54, 1.807) is 19.1 Å². The maximum Gasteiger partial charge on any atom is 0.131 e. The molecule has 5 heteroatoms. The van der Waals surface area contributed by atoms with Gasteiger partial charge in [0.25, 0.3) is 0 Å². The lowest BCUT2D eigenvalue weighted by molar-refractivity contribution is 0.592. The van der Waals surface area contributed by atoms with E-state index in [0.717, 1.165) is 9.35 Å². The average Bonchev–Trinajstić information content (AvgIpc) is 2.75. The molecule has 2 rings (SSSR count). The summed E-state index contributed by atoms with van der Waals surface area (Å²) in [7, 11) is 0. The van der Waals surface area contributed by atoms with E-state index in [9.17, 15) is 4.39 Å². The predicted octanol–water partition coefficient (Wildman–Crippen LogP) is 4.43. The largest absolute Gasteiger partial charge is 0.320 e. The van der Waals surface area contributed by atoms with E-state index in [-0.39, 0.29) is 18.2 Å². The monoisotopic (exact) mass is 335 g/mol. The summed E-state index contributed by atoms with van der Waals surface area (Å²) in [6.45, 7) is 1.74. The van der Waals surface area contributed by atoms with Gasteiger partial charge in [-0.2, -0.15) is 0 Å². The van der Waals surface area contributed by atoms with Crippen LogP contribution in [0.5, 0.6) is 0 Å². The molecule has 0 saturated carbocycles. The van der Waals surface area contributed by atoms with Gasteiger partial charge in [0.05, 0.1) is 6.04 Å². The van der Waals surface area contributed by atoms with E-state index >= 15 is 0 Å². The molecule has 0 bridgehead atoms. The fraction of sp³-hybridized carbons (Fsp3) is 0.167. The molecule has 2 aromatic rings. The fourth-order valence-electron chi connectivity index (χ4n) is 1.60. The van der Waals surface area contributed by atoms with Crippen LogP contribution < -0.4 is 5.73 Å². The van der Waals surface area contributed by atoms with Crippen LogP contribution in [0, 0.1) is 12.7 Å². The summed E-state index contributed by atoms with van der Waals surface area (Å²) in [6.07, 6.45) is 0. The second-order valence-corrected chi connectivity index (χ2v) is 5.51. The van der Waals surface area contributed by atoms with Crippen LogP contribution in [0.2, 0.25) is 0 Å². The van der Waals surface area contributed by atoms with Gasteiger partial charge in [-0.3, -0.25) is 0 Å². The Morgan fingerprint density at radius 3 is 2.71 bits per heavy atom. The molecule has 92 valence electrons. The number of nitrogens with two attached hydrogens (primary N) is 1. The van der Waals surface area contributed by atoms with Gasteiger partial charge >= 0.3 is 0 Å². The van der Waals surface area contributed by atoms with Crippen molar-refractivity contribution in [3.05, 3.63) is 55.9 Å². The SMILES string of the molecule is Cc1cc(Br)cc([C@H](N)c2cccs2)c1F.Cl. The van der Waals surface area contributed by atoms with Crippen LogP contribution in [0.15, 0.2) is 34.1 Å². The molecule has 0 aliphatic carbocycles. The van der Waals surface area contributed by atoms with Crippen LogP contribution in [-0.2, 0) is 0 Å². The molecule has 1 atom stereocenters. The van der Waals surface area contributed by atoms with E-state index in [4.69, 9.17) is 5.73 Å². The van der Waals surface area contributed by atoms with E-state index in [0.29, 0.717) is 11.1 Å². The molecule has 2 N–H and O–H groups in total. The Bertz CT molecular complexity index is 501. The Morgan fingerprint density at radius 1 is 1.41 bits per heavy atom. The van der Waals surface area contributed by atoms with Gasteiger partial charge in [-0.15, -0.1) is 23.7 Å². The van der Waals surface area contributed by atoms with E-state index in [2.05, 4.69) is 15.9 Å². The first kappa shape index (κ1) is 14.6. The Kier molecular flexibility index (Phi) is 5.13. The maximum atomic E-state index is 13.9. The molecule has 1 heterocycles. The fourth-order valence-corrected chi connectivity index (χ4v) is 2.93. The van der Waals surface area contributed by atoms with Gasteiger partial charge in [0.15, 0.2) is 0 Å². The topological polar surface area (TPSA) is 26.0 Å². The third-order valence-electron chi connectivity index (χ3n) is 2.43. The van der Waals surface area contributed by atoms with E-state index in [1.807, 2.05) is 17.5 Å². The summed E-state index contributed by atoms with van der Waals surface area (Å²) in [4.78, 5) is 0.969. The van der Waals surface area contributed by atoms with Crippen molar-refractivity contribution < 1.29 is 4.39 Å². The molecule has 0 radical (unpaired) electrons. The minimum absolute atomic E-state index is 0. The summed E-state index contributed by atoms with van der Waals surface area (Å²) in [6, 6.07) is 6.94. The highest BCUT2D eigenvalue weighted by Crippen LogP contribution is 2.29. The zero-order valence-electron chi connectivity index (χ0n) is 9.11. The highest BCUT2D eigenvalue weighted by atomic mass is 79.9. The number of aryl methyl sites for hydroxylation is 1. The van der Waals surface area contributed by atoms with Gasteiger partial charge < -0.3 is 5.73 Å². The number of hydrogen-bond acceptors (Lipinski definition) is 2. The quantitative estimate of drug-likeness (QED) is 0.862. The normalized spacial score (nSPS) is 12.0. The Hall–Kier alpha value is -0.420. The third kappa shape index (κ3) is 3.07. The molecule has 0 spiro atoms. The molecule has 0 fully saturated rings. The van der Waals surface area contributed by atoms with E-state index in [1.165, 1.54) is 11.3 Å². The summed E-state index contributed by atoms with van der Waals surface area (Å²) in [5.74, 6) is -0.218. The van der Waals surface area contributed by atoms with Gasteiger partial charge in [-0.1, -0.05) is 22.0 Å². The second kappa shape index (κ2) is 5.96.